The Balaban J connectivity index is 0.00000324. The number of nitrogens with one attached hydrogen (secondary N) is 2. The number of guanidine groups is 1. The van der Waals surface area contributed by atoms with Crippen LogP contribution in [0.1, 0.15) is 19.4 Å². The van der Waals surface area contributed by atoms with E-state index in [0.29, 0.717) is 24.5 Å². The summed E-state index contributed by atoms with van der Waals surface area (Å²) in [7, 11) is 1.67. The Morgan fingerprint density at radius 2 is 2.00 bits per heavy atom. The van der Waals surface area contributed by atoms with Gasteiger partial charge in [-0.1, -0.05) is 0 Å². The summed E-state index contributed by atoms with van der Waals surface area (Å²) in [5, 5.41) is 6.16. The van der Waals surface area contributed by atoms with Crippen molar-refractivity contribution in [1.82, 2.24) is 10.6 Å². The van der Waals surface area contributed by atoms with Crippen LogP contribution in [0.25, 0.3) is 0 Å². The first-order valence-corrected chi connectivity index (χ1v) is 5.94. The zero-order chi connectivity index (χ0) is 13.5. The second kappa shape index (κ2) is 9.06. The summed E-state index contributed by atoms with van der Waals surface area (Å²) in [6, 6.07) is 3.75. The molecule has 1 aromatic carbocycles. The predicted molar refractivity (Wildman–Crippen MR) is 85.1 cm³/mol. The minimum absolute atomic E-state index is 0. The van der Waals surface area contributed by atoms with Crippen molar-refractivity contribution >= 4 is 29.9 Å². The van der Waals surface area contributed by atoms with E-state index in [1.54, 1.807) is 7.05 Å². The van der Waals surface area contributed by atoms with Crippen molar-refractivity contribution in [2.75, 3.05) is 13.6 Å². The van der Waals surface area contributed by atoms with Crippen LogP contribution in [0.4, 0.5) is 8.78 Å². The lowest BCUT2D eigenvalue weighted by Crippen LogP contribution is -2.41. The highest BCUT2D eigenvalue weighted by atomic mass is 127. The molecule has 0 heterocycles. The Hall–Kier alpha value is -0.920. The van der Waals surface area contributed by atoms with Gasteiger partial charge in [0.1, 0.15) is 11.6 Å². The van der Waals surface area contributed by atoms with Crippen molar-refractivity contribution in [1.29, 1.82) is 0 Å². The third-order valence-electron chi connectivity index (χ3n) is 2.34. The van der Waals surface area contributed by atoms with Gasteiger partial charge in [0.05, 0.1) is 0 Å². The lowest BCUT2D eigenvalue weighted by atomic mass is 10.1. The van der Waals surface area contributed by atoms with Crippen LogP contribution in [0, 0.1) is 11.6 Å². The van der Waals surface area contributed by atoms with Gasteiger partial charge >= 0.3 is 0 Å². The van der Waals surface area contributed by atoms with Gasteiger partial charge < -0.3 is 10.6 Å². The average Bonchev–Trinajstić information content (AvgIpc) is 2.31. The first-order valence-electron chi connectivity index (χ1n) is 5.94. The van der Waals surface area contributed by atoms with E-state index in [0.717, 1.165) is 12.1 Å². The Labute approximate surface area is 129 Å². The van der Waals surface area contributed by atoms with Gasteiger partial charge in [0, 0.05) is 19.6 Å². The van der Waals surface area contributed by atoms with Gasteiger partial charge in [-0.05, 0) is 44.0 Å². The molecule has 1 aromatic rings. The Morgan fingerprint density at radius 1 is 1.32 bits per heavy atom. The molecule has 0 spiro atoms. The largest absolute Gasteiger partial charge is 0.356 e. The van der Waals surface area contributed by atoms with E-state index in [4.69, 9.17) is 0 Å². The molecule has 3 nitrogen and oxygen atoms in total. The van der Waals surface area contributed by atoms with Crippen LogP contribution < -0.4 is 10.6 Å². The van der Waals surface area contributed by atoms with Crippen molar-refractivity contribution < 1.29 is 8.78 Å². The molecule has 0 aliphatic rings. The average molecular weight is 383 g/mol. The summed E-state index contributed by atoms with van der Waals surface area (Å²) in [6.45, 7) is 4.49. The highest BCUT2D eigenvalue weighted by Gasteiger charge is 2.04. The van der Waals surface area contributed by atoms with Gasteiger partial charge in [-0.3, -0.25) is 4.99 Å². The van der Waals surface area contributed by atoms with E-state index in [9.17, 15) is 8.78 Å². The summed E-state index contributed by atoms with van der Waals surface area (Å²) in [6.07, 6.45) is 0.405. The van der Waals surface area contributed by atoms with Crippen LogP contribution >= 0.6 is 24.0 Å². The van der Waals surface area contributed by atoms with Crippen LogP contribution in [-0.2, 0) is 6.42 Å². The molecule has 0 aliphatic carbocycles. The van der Waals surface area contributed by atoms with Gasteiger partial charge in [-0.25, -0.2) is 8.78 Å². The van der Waals surface area contributed by atoms with Gasteiger partial charge in [-0.2, -0.15) is 0 Å². The maximum absolute atomic E-state index is 13.3. The zero-order valence-electron chi connectivity index (χ0n) is 11.3. The number of nitrogens with zero attached hydrogens (tertiary/aromatic N) is 1. The first kappa shape index (κ1) is 18.1. The summed E-state index contributed by atoms with van der Waals surface area (Å²) < 4.78 is 26.3. The zero-order valence-corrected chi connectivity index (χ0v) is 13.7. The topological polar surface area (TPSA) is 36.4 Å². The van der Waals surface area contributed by atoms with Crippen LogP contribution in [0.15, 0.2) is 23.2 Å². The van der Waals surface area contributed by atoms with E-state index < -0.39 is 5.82 Å². The molecule has 0 amide bonds. The van der Waals surface area contributed by atoms with E-state index in [1.807, 2.05) is 13.8 Å². The van der Waals surface area contributed by atoms with Gasteiger partial charge in [0.15, 0.2) is 5.96 Å². The van der Waals surface area contributed by atoms with E-state index in [2.05, 4.69) is 15.6 Å². The molecule has 6 heteroatoms. The maximum atomic E-state index is 13.3. The summed E-state index contributed by atoms with van der Waals surface area (Å²) in [4.78, 5) is 4.03. The number of benzene rings is 1. The molecule has 0 atom stereocenters. The SMILES string of the molecule is CN=C(NCCc1cc(F)ccc1F)NC(C)C.I. The van der Waals surface area contributed by atoms with Crippen LogP contribution in [0.3, 0.4) is 0 Å². The first-order chi connectivity index (χ1) is 8.52. The molecule has 1 rings (SSSR count). The smallest absolute Gasteiger partial charge is 0.191 e. The molecular weight excluding hydrogens is 363 g/mol. The molecule has 0 saturated heterocycles. The van der Waals surface area contributed by atoms with Crippen molar-refractivity contribution in [2.45, 2.75) is 26.3 Å². The van der Waals surface area contributed by atoms with E-state index in [1.165, 1.54) is 6.07 Å². The number of hydrogen-bond donors (Lipinski definition) is 2. The minimum Gasteiger partial charge on any atom is -0.356 e. The maximum Gasteiger partial charge on any atom is 0.191 e. The lowest BCUT2D eigenvalue weighted by molar-refractivity contribution is 0.582. The van der Waals surface area contributed by atoms with Crippen LogP contribution in [-0.4, -0.2) is 25.6 Å². The molecule has 0 bridgehead atoms. The Kier molecular flexibility index (Phi) is 8.62. The summed E-state index contributed by atoms with van der Waals surface area (Å²) >= 11 is 0. The second-order valence-corrected chi connectivity index (χ2v) is 4.28. The molecule has 2 N–H and O–H groups in total. The van der Waals surface area contributed by atoms with Gasteiger partial charge in [0.25, 0.3) is 0 Å². The Bertz CT molecular complexity index is 422. The lowest BCUT2D eigenvalue weighted by Gasteiger charge is -2.14. The molecule has 0 aliphatic heterocycles. The Morgan fingerprint density at radius 3 is 2.58 bits per heavy atom. The molecule has 0 saturated carbocycles. The molecule has 0 fully saturated rings. The molecule has 0 unspecified atom stereocenters. The normalized spacial score (nSPS) is 11.2. The van der Waals surface area contributed by atoms with Crippen molar-refractivity contribution in [3.8, 4) is 0 Å². The quantitative estimate of drug-likeness (QED) is 0.477. The van der Waals surface area contributed by atoms with E-state index >= 15 is 0 Å². The fourth-order valence-electron chi connectivity index (χ4n) is 1.52. The van der Waals surface area contributed by atoms with Crippen LogP contribution in [0.2, 0.25) is 0 Å². The molecule has 19 heavy (non-hydrogen) atoms. The van der Waals surface area contributed by atoms with Crippen molar-refractivity contribution in [3.63, 3.8) is 0 Å². The standard InChI is InChI=1S/C13H19F2N3.HI/c1-9(2)18-13(16-3)17-7-6-10-8-11(14)4-5-12(10)15;/h4-5,8-9H,6-7H2,1-3H3,(H2,16,17,18);1H. The molecule has 0 radical (unpaired) electrons. The highest BCUT2D eigenvalue weighted by Crippen LogP contribution is 2.09. The summed E-state index contributed by atoms with van der Waals surface area (Å²) in [5.74, 6) is -0.150. The number of aliphatic imine (C=N–C) groups is 1. The van der Waals surface area contributed by atoms with Gasteiger partial charge in [-0.15, -0.1) is 24.0 Å². The second-order valence-electron chi connectivity index (χ2n) is 4.28. The van der Waals surface area contributed by atoms with E-state index in [-0.39, 0.29) is 35.8 Å². The van der Waals surface area contributed by atoms with Gasteiger partial charge in [0.2, 0.25) is 0 Å². The highest BCUT2D eigenvalue weighted by molar-refractivity contribution is 14.0. The third kappa shape index (κ3) is 6.70. The van der Waals surface area contributed by atoms with Crippen LogP contribution in [0.5, 0.6) is 0 Å². The summed E-state index contributed by atoms with van der Waals surface area (Å²) in [5.41, 5.74) is 0.363. The number of hydrogen-bond acceptors (Lipinski definition) is 1. The van der Waals surface area contributed by atoms with Crippen molar-refractivity contribution in [3.05, 3.63) is 35.4 Å². The predicted octanol–water partition coefficient (Wildman–Crippen LogP) is 2.70. The molecule has 0 aromatic heterocycles. The number of halogens is 3. The number of rotatable bonds is 4. The molecular formula is C13H20F2IN3. The molecule has 108 valence electrons. The monoisotopic (exact) mass is 383 g/mol. The third-order valence-corrected chi connectivity index (χ3v) is 2.34. The fraction of sp³-hybridized carbons (Fsp3) is 0.462. The minimum atomic E-state index is -0.420. The van der Waals surface area contributed by atoms with Crippen molar-refractivity contribution in [2.24, 2.45) is 4.99 Å². The fourth-order valence-corrected chi connectivity index (χ4v) is 1.52.